The third-order valence-electron chi connectivity index (χ3n) is 5.56. The Hall–Kier alpha value is -3.59. The van der Waals surface area contributed by atoms with E-state index in [9.17, 15) is 0 Å². The van der Waals surface area contributed by atoms with Crippen LogP contribution in [0.25, 0.3) is 33.5 Å². The Labute approximate surface area is 186 Å². The minimum absolute atomic E-state index is 0.0315. The number of ether oxygens (including phenoxy) is 1. The van der Waals surface area contributed by atoms with Crippen molar-refractivity contribution in [3.05, 3.63) is 43.0 Å². The van der Waals surface area contributed by atoms with E-state index in [1.165, 1.54) is 0 Å². The fourth-order valence-electron chi connectivity index (χ4n) is 3.90. The molecule has 0 bridgehead atoms. The van der Waals surface area contributed by atoms with Crippen molar-refractivity contribution in [2.24, 2.45) is 5.73 Å². The van der Waals surface area contributed by atoms with E-state index in [1.54, 1.807) is 24.8 Å². The van der Waals surface area contributed by atoms with Crippen molar-refractivity contribution in [1.29, 1.82) is 0 Å². The topological polar surface area (TPSA) is 119 Å². The van der Waals surface area contributed by atoms with Crippen LogP contribution in [0, 0.1) is 0 Å². The average Bonchev–Trinajstić information content (AvgIpc) is 3.23. The Kier molecular flexibility index (Phi) is 5.40. The van der Waals surface area contributed by atoms with E-state index in [4.69, 9.17) is 15.5 Å². The summed E-state index contributed by atoms with van der Waals surface area (Å²) in [6, 6.07) is 6.30. The molecule has 0 amide bonds. The first-order chi connectivity index (χ1) is 15.6. The lowest BCUT2D eigenvalue weighted by Gasteiger charge is -2.30. The second-order valence-electron chi connectivity index (χ2n) is 8.33. The first-order valence-electron chi connectivity index (χ1n) is 10.9. The summed E-state index contributed by atoms with van der Waals surface area (Å²) in [5.74, 6) is 1.36. The lowest BCUT2D eigenvalue weighted by atomic mass is 10.1. The molecule has 3 N–H and O–H groups in total. The van der Waals surface area contributed by atoms with Gasteiger partial charge in [-0.1, -0.05) is 6.07 Å². The number of nitrogens with one attached hydrogen (secondary N) is 1. The van der Waals surface area contributed by atoms with Crippen molar-refractivity contribution in [2.75, 3.05) is 18.0 Å². The molecule has 0 radical (unpaired) electrons. The van der Waals surface area contributed by atoms with E-state index in [-0.39, 0.29) is 12.1 Å². The zero-order valence-corrected chi connectivity index (χ0v) is 18.2. The highest BCUT2D eigenvalue weighted by Crippen LogP contribution is 2.30. The van der Waals surface area contributed by atoms with Crippen LogP contribution in [-0.4, -0.2) is 55.4 Å². The number of nitrogens with zero attached hydrogens (tertiary/aromatic N) is 6. The highest BCUT2D eigenvalue weighted by atomic mass is 16.5. The van der Waals surface area contributed by atoms with Crippen molar-refractivity contribution in [3.63, 3.8) is 0 Å². The number of piperidine rings is 1. The molecule has 4 heterocycles. The maximum absolute atomic E-state index is 6.05. The smallest absolute Gasteiger partial charge is 0.233 e. The van der Waals surface area contributed by atoms with Crippen molar-refractivity contribution >= 4 is 16.7 Å². The van der Waals surface area contributed by atoms with Gasteiger partial charge in [-0.25, -0.2) is 9.97 Å². The fourth-order valence-corrected chi connectivity index (χ4v) is 3.90. The average molecular weight is 431 g/mol. The first-order valence-corrected chi connectivity index (χ1v) is 10.9. The molecule has 0 atom stereocenters. The molecular weight excluding hydrogens is 404 g/mol. The molecule has 32 heavy (non-hydrogen) atoms. The molecule has 1 fully saturated rings. The molecular formula is C23H26N8O. The number of hydrogen-bond acceptors (Lipinski definition) is 8. The Bertz CT molecular complexity index is 1230. The van der Waals surface area contributed by atoms with Crippen molar-refractivity contribution in [3.8, 4) is 28.5 Å². The molecule has 4 aromatic rings. The number of H-pyrrole nitrogens is 1. The number of aromatic nitrogens is 6. The van der Waals surface area contributed by atoms with E-state index in [0.29, 0.717) is 5.88 Å². The predicted molar refractivity (Wildman–Crippen MR) is 123 cm³/mol. The number of aromatic amines is 1. The van der Waals surface area contributed by atoms with Crippen LogP contribution in [0.1, 0.15) is 26.7 Å². The summed E-state index contributed by atoms with van der Waals surface area (Å²) < 4.78 is 5.70. The Morgan fingerprint density at radius 1 is 1.03 bits per heavy atom. The summed E-state index contributed by atoms with van der Waals surface area (Å²) in [6.07, 6.45) is 8.86. The summed E-state index contributed by atoms with van der Waals surface area (Å²) in [4.78, 5) is 20.4. The van der Waals surface area contributed by atoms with Gasteiger partial charge in [-0.05, 0) is 38.8 Å². The second-order valence-corrected chi connectivity index (χ2v) is 8.33. The van der Waals surface area contributed by atoms with Crippen LogP contribution in [-0.2, 0) is 0 Å². The molecule has 0 aliphatic carbocycles. The van der Waals surface area contributed by atoms with Crippen LogP contribution in [0.2, 0.25) is 0 Å². The van der Waals surface area contributed by atoms with Crippen LogP contribution in [0.5, 0.6) is 5.88 Å². The first kappa shape index (κ1) is 20.3. The van der Waals surface area contributed by atoms with Crippen molar-refractivity contribution in [2.45, 2.75) is 38.8 Å². The Morgan fingerprint density at radius 3 is 2.62 bits per heavy atom. The van der Waals surface area contributed by atoms with E-state index in [2.05, 4.69) is 30.0 Å². The van der Waals surface area contributed by atoms with Gasteiger partial charge in [-0.2, -0.15) is 5.10 Å². The fraction of sp³-hybridized carbons (Fsp3) is 0.348. The summed E-state index contributed by atoms with van der Waals surface area (Å²) in [5.41, 5.74) is 10.1. The maximum Gasteiger partial charge on any atom is 0.233 e. The molecule has 9 nitrogen and oxygen atoms in total. The lowest BCUT2D eigenvalue weighted by molar-refractivity contribution is 0.232. The molecule has 0 unspecified atom stereocenters. The molecule has 9 heteroatoms. The number of rotatable bonds is 5. The maximum atomic E-state index is 6.05. The summed E-state index contributed by atoms with van der Waals surface area (Å²) in [7, 11) is 0. The molecule has 5 rings (SSSR count). The zero-order valence-electron chi connectivity index (χ0n) is 18.2. The van der Waals surface area contributed by atoms with Gasteiger partial charge in [0.05, 0.1) is 42.1 Å². The van der Waals surface area contributed by atoms with E-state index in [1.807, 2.05) is 32.0 Å². The monoisotopic (exact) mass is 430 g/mol. The molecule has 164 valence electrons. The van der Waals surface area contributed by atoms with Crippen LogP contribution in [0.4, 0.5) is 5.82 Å². The highest BCUT2D eigenvalue weighted by Gasteiger charge is 2.19. The minimum atomic E-state index is 0.0315. The van der Waals surface area contributed by atoms with Crippen LogP contribution < -0.4 is 15.4 Å². The molecule has 1 aliphatic heterocycles. The van der Waals surface area contributed by atoms with Crippen LogP contribution >= 0.6 is 0 Å². The van der Waals surface area contributed by atoms with Gasteiger partial charge in [0.25, 0.3) is 0 Å². The van der Waals surface area contributed by atoms with Crippen molar-refractivity contribution < 1.29 is 4.74 Å². The van der Waals surface area contributed by atoms with Gasteiger partial charge in [0, 0.05) is 30.1 Å². The van der Waals surface area contributed by atoms with Gasteiger partial charge in [-0.15, -0.1) is 0 Å². The number of anilines is 1. The molecule has 3 aromatic heterocycles. The molecule has 0 saturated carbocycles. The summed E-state index contributed by atoms with van der Waals surface area (Å²) in [6.45, 7) is 5.70. The minimum Gasteiger partial charge on any atom is -0.474 e. The number of fused-ring (bicyclic) bond motifs is 1. The summed E-state index contributed by atoms with van der Waals surface area (Å²) in [5, 5.41) is 8.58. The molecule has 1 saturated heterocycles. The number of benzene rings is 1. The number of hydrogen-bond donors (Lipinski definition) is 2. The molecule has 1 aromatic carbocycles. The van der Waals surface area contributed by atoms with E-state index in [0.717, 1.165) is 65.3 Å². The summed E-state index contributed by atoms with van der Waals surface area (Å²) >= 11 is 0. The van der Waals surface area contributed by atoms with Gasteiger partial charge >= 0.3 is 0 Å². The Morgan fingerprint density at radius 2 is 1.81 bits per heavy atom. The van der Waals surface area contributed by atoms with Gasteiger partial charge < -0.3 is 15.4 Å². The van der Waals surface area contributed by atoms with Gasteiger partial charge in [0.2, 0.25) is 5.88 Å². The molecule has 0 spiro atoms. The quantitative estimate of drug-likeness (QED) is 0.495. The van der Waals surface area contributed by atoms with Crippen LogP contribution in [0.15, 0.2) is 43.0 Å². The largest absolute Gasteiger partial charge is 0.474 e. The Balaban J connectivity index is 1.49. The normalized spacial score (nSPS) is 14.9. The van der Waals surface area contributed by atoms with Gasteiger partial charge in [0.15, 0.2) is 0 Å². The van der Waals surface area contributed by atoms with Crippen molar-refractivity contribution in [1.82, 2.24) is 30.1 Å². The standard InChI is InChI=1S/C23H26N8O/c1-14(2)32-22-13-26-10-19(28-22)15-3-4-18-17(9-15)23(30-29-18)20-11-25-12-21(27-20)31-7-5-16(24)6-8-31/h3-4,9-14,16H,5-8,24H2,1-2H3,(H,29,30). The third-order valence-corrected chi connectivity index (χ3v) is 5.56. The second kappa shape index (κ2) is 8.51. The number of nitrogens with two attached hydrogens (primary N) is 1. The SMILES string of the molecule is CC(C)Oc1cncc(-c2ccc3[nH]nc(-c4cncc(N5CCC(N)CC5)n4)c3c2)n1. The lowest BCUT2D eigenvalue weighted by Crippen LogP contribution is -2.40. The molecule has 1 aliphatic rings. The highest BCUT2D eigenvalue weighted by molar-refractivity contribution is 5.94. The predicted octanol–water partition coefficient (Wildman–Crippen LogP) is 3.19. The van der Waals surface area contributed by atoms with Gasteiger partial charge in [0.1, 0.15) is 17.2 Å². The zero-order chi connectivity index (χ0) is 22.1. The van der Waals surface area contributed by atoms with E-state index >= 15 is 0 Å². The van der Waals surface area contributed by atoms with E-state index < -0.39 is 0 Å². The van der Waals surface area contributed by atoms with Gasteiger partial charge in [-0.3, -0.25) is 15.1 Å². The van der Waals surface area contributed by atoms with Crippen LogP contribution in [0.3, 0.4) is 0 Å². The third kappa shape index (κ3) is 4.11.